The molecule has 0 amide bonds. The van der Waals surface area contributed by atoms with E-state index in [4.69, 9.17) is 18.9 Å². The molecule has 174 valence electrons. The molecule has 2 unspecified atom stereocenters. The summed E-state index contributed by atoms with van der Waals surface area (Å²) in [5.74, 6) is 3.08. The molecule has 4 rings (SSSR count). The first kappa shape index (κ1) is 23.2. The van der Waals surface area contributed by atoms with Crippen molar-refractivity contribution in [3.05, 3.63) is 120 Å². The fourth-order valence-corrected chi connectivity index (χ4v) is 3.55. The van der Waals surface area contributed by atoms with Crippen LogP contribution in [-0.2, 0) is 0 Å². The van der Waals surface area contributed by atoms with Crippen LogP contribution in [0, 0.1) is 13.8 Å². The molecule has 0 saturated heterocycles. The Morgan fingerprint density at radius 2 is 0.912 bits per heavy atom. The molecule has 0 radical (unpaired) electrons. The zero-order valence-electron chi connectivity index (χ0n) is 19.6. The van der Waals surface area contributed by atoms with Gasteiger partial charge in [-0.2, -0.15) is 0 Å². The molecule has 0 fully saturated rings. The van der Waals surface area contributed by atoms with Crippen LogP contribution in [0.15, 0.2) is 109 Å². The van der Waals surface area contributed by atoms with Gasteiger partial charge in [-0.05, 0) is 73.5 Å². The Hall–Kier alpha value is -3.92. The van der Waals surface area contributed by atoms with E-state index in [1.165, 1.54) is 0 Å². The van der Waals surface area contributed by atoms with Crippen molar-refractivity contribution in [3.8, 4) is 23.0 Å². The van der Waals surface area contributed by atoms with E-state index >= 15 is 0 Å². The van der Waals surface area contributed by atoms with Gasteiger partial charge < -0.3 is 18.9 Å². The third-order valence-electron chi connectivity index (χ3n) is 5.28. The van der Waals surface area contributed by atoms with Crippen molar-refractivity contribution in [3.63, 3.8) is 0 Å². The molecule has 0 aliphatic carbocycles. The molecule has 4 aromatic rings. The van der Waals surface area contributed by atoms with Crippen molar-refractivity contribution in [2.75, 3.05) is 13.2 Å². The van der Waals surface area contributed by atoms with Gasteiger partial charge in [0.2, 0.25) is 0 Å². The van der Waals surface area contributed by atoms with E-state index in [2.05, 4.69) is 0 Å². The highest BCUT2D eigenvalue weighted by molar-refractivity contribution is 5.29. The summed E-state index contributed by atoms with van der Waals surface area (Å²) in [6, 6.07) is 35.4. The summed E-state index contributed by atoms with van der Waals surface area (Å²) < 4.78 is 25.1. The minimum absolute atomic E-state index is 0.298. The number of hydrogen-bond acceptors (Lipinski definition) is 4. The number of aryl methyl sites for hydroxylation is 2. The average Bonchev–Trinajstić information content (AvgIpc) is 2.86. The Morgan fingerprint density at radius 3 is 1.50 bits per heavy atom. The summed E-state index contributed by atoms with van der Waals surface area (Å²) in [6.45, 7) is 4.68. The van der Waals surface area contributed by atoms with Gasteiger partial charge in [-0.3, -0.25) is 0 Å². The molecule has 0 heterocycles. The lowest BCUT2D eigenvalue weighted by molar-refractivity contribution is -0.000907. The second-order valence-electron chi connectivity index (χ2n) is 8.19. The van der Waals surface area contributed by atoms with Gasteiger partial charge in [-0.15, -0.1) is 0 Å². The summed E-state index contributed by atoms with van der Waals surface area (Å²) >= 11 is 0. The molecule has 4 heteroatoms. The fraction of sp³-hybridized carbons (Fsp3) is 0.200. The molecule has 2 atom stereocenters. The van der Waals surface area contributed by atoms with Gasteiger partial charge in [0.15, 0.2) is 12.2 Å². The zero-order chi connectivity index (χ0) is 23.6. The standard InChI is InChI=1S/C30H30O4/c1-23-11-9-17-27(19-23)32-22-30(34-28-18-10-12-24(2)20-28)29(33-26-15-7-4-8-16-26)21-31-25-13-5-3-6-14-25/h3-20,29-30H,21-22H2,1-2H3. The summed E-state index contributed by atoms with van der Waals surface area (Å²) in [4.78, 5) is 0. The van der Waals surface area contributed by atoms with Crippen molar-refractivity contribution < 1.29 is 18.9 Å². The number of benzene rings is 4. The van der Waals surface area contributed by atoms with E-state index in [9.17, 15) is 0 Å². The third-order valence-corrected chi connectivity index (χ3v) is 5.28. The van der Waals surface area contributed by atoms with E-state index in [1.807, 2.05) is 123 Å². The molecule has 4 aromatic carbocycles. The highest BCUT2D eigenvalue weighted by Gasteiger charge is 2.28. The maximum atomic E-state index is 6.44. The first-order valence-corrected chi connectivity index (χ1v) is 11.5. The second-order valence-corrected chi connectivity index (χ2v) is 8.19. The average molecular weight is 455 g/mol. The lowest BCUT2D eigenvalue weighted by Gasteiger charge is -2.29. The minimum Gasteiger partial charge on any atom is -0.490 e. The molecule has 0 bridgehead atoms. The number of rotatable bonds is 11. The largest absolute Gasteiger partial charge is 0.490 e. The van der Waals surface area contributed by atoms with Gasteiger partial charge in [0.1, 0.15) is 36.2 Å². The molecular weight excluding hydrogens is 424 g/mol. The Labute approximate surface area is 201 Å². The number of para-hydroxylation sites is 2. The monoisotopic (exact) mass is 454 g/mol. The molecule has 0 saturated carbocycles. The molecular formula is C30H30O4. The van der Waals surface area contributed by atoms with Crippen LogP contribution in [0.3, 0.4) is 0 Å². The van der Waals surface area contributed by atoms with Crippen LogP contribution in [0.1, 0.15) is 11.1 Å². The lowest BCUT2D eigenvalue weighted by Crippen LogP contribution is -2.44. The topological polar surface area (TPSA) is 36.9 Å². The Morgan fingerprint density at radius 1 is 0.471 bits per heavy atom. The molecule has 0 aliphatic heterocycles. The smallest absolute Gasteiger partial charge is 0.172 e. The van der Waals surface area contributed by atoms with Gasteiger partial charge >= 0.3 is 0 Å². The van der Waals surface area contributed by atoms with Gasteiger partial charge in [0.25, 0.3) is 0 Å². The van der Waals surface area contributed by atoms with Crippen LogP contribution in [0.2, 0.25) is 0 Å². The molecule has 0 aromatic heterocycles. The van der Waals surface area contributed by atoms with Crippen molar-refractivity contribution in [1.82, 2.24) is 0 Å². The van der Waals surface area contributed by atoms with Crippen LogP contribution in [0.4, 0.5) is 0 Å². The van der Waals surface area contributed by atoms with Crippen molar-refractivity contribution in [1.29, 1.82) is 0 Å². The first-order chi connectivity index (χ1) is 16.7. The molecule has 34 heavy (non-hydrogen) atoms. The normalized spacial score (nSPS) is 12.4. The molecule has 0 aliphatic rings. The summed E-state index contributed by atoms with van der Waals surface area (Å²) in [5, 5.41) is 0. The number of hydrogen-bond donors (Lipinski definition) is 0. The summed E-state index contributed by atoms with van der Waals surface area (Å²) in [5.41, 5.74) is 2.26. The van der Waals surface area contributed by atoms with E-state index < -0.39 is 12.2 Å². The van der Waals surface area contributed by atoms with Gasteiger partial charge in [0, 0.05) is 0 Å². The highest BCUT2D eigenvalue weighted by atomic mass is 16.6. The highest BCUT2D eigenvalue weighted by Crippen LogP contribution is 2.22. The number of ether oxygens (including phenoxy) is 4. The van der Waals surface area contributed by atoms with Crippen LogP contribution in [0.5, 0.6) is 23.0 Å². The first-order valence-electron chi connectivity index (χ1n) is 11.5. The lowest BCUT2D eigenvalue weighted by atomic mass is 10.2. The van der Waals surface area contributed by atoms with E-state index in [0.717, 1.165) is 34.1 Å². The Kier molecular flexibility index (Phi) is 8.07. The van der Waals surface area contributed by atoms with Crippen molar-refractivity contribution >= 4 is 0 Å². The maximum absolute atomic E-state index is 6.44. The maximum Gasteiger partial charge on any atom is 0.172 e. The summed E-state index contributed by atoms with van der Waals surface area (Å²) in [6.07, 6.45) is -0.848. The SMILES string of the molecule is Cc1cccc(OCC(Oc2cccc(C)c2)C(COc2ccccc2)Oc2ccccc2)c1. The fourth-order valence-electron chi connectivity index (χ4n) is 3.55. The minimum atomic E-state index is -0.425. The van der Waals surface area contributed by atoms with Crippen LogP contribution >= 0.6 is 0 Å². The van der Waals surface area contributed by atoms with Crippen LogP contribution in [0.25, 0.3) is 0 Å². The molecule has 0 N–H and O–H groups in total. The molecule has 0 spiro atoms. The zero-order valence-corrected chi connectivity index (χ0v) is 19.6. The van der Waals surface area contributed by atoms with E-state index in [1.54, 1.807) is 0 Å². The third kappa shape index (κ3) is 7.04. The van der Waals surface area contributed by atoms with Gasteiger partial charge in [-0.1, -0.05) is 60.7 Å². The Balaban J connectivity index is 1.58. The van der Waals surface area contributed by atoms with E-state index in [0.29, 0.717) is 13.2 Å². The second kappa shape index (κ2) is 11.8. The Bertz CT molecular complexity index is 1140. The predicted molar refractivity (Wildman–Crippen MR) is 135 cm³/mol. The van der Waals surface area contributed by atoms with Gasteiger partial charge in [-0.25, -0.2) is 0 Å². The summed E-state index contributed by atoms with van der Waals surface area (Å²) in [7, 11) is 0. The van der Waals surface area contributed by atoms with Crippen molar-refractivity contribution in [2.45, 2.75) is 26.1 Å². The molecule has 4 nitrogen and oxygen atoms in total. The van der Waals surface area contributed by atoms with Crippen molar-refractivity contribution in [2.24, 2.45) is 0 Å². The van der Waals surface area contributed by atoms with E-state index in [-0.39, 0.29) is 0 Å². The predicted octanol–water partition coefficient (Wildman–Crippen LogP) is 6.66. The van der Waals surface area contributed by atoms with Crippen LogP contribution < -0.4 is 18.9 Å². The quantitative estimate of drug-likeness (QED) is 0.254. The van der Waals surface area contributed by atoms with Gasteiger partial charge in [0.05, 0.1) is 0 Å². The van der Waals surface area contributed by atoms with Crippen LogP contribution in [-0.4, -0.2) is 25.4 Å².